The molecule has 1 N–H and O–H groups in total. The topological polar surface area (TPSA) is 29.1 Å². The number of piperidine rings is 1. The van der Waals surface area contributed by atoms with Crippen molar-refractivity contribution in [1.29, 1.82) is 0 Å². The van der Waals surface area contributed by atoms with Gasteiger partial charge in [-0.05, 0) is 6.42 Å². The van der Waals surface area contributed by atoms with Crippen molar-refractivity contribution < 1.29 is 9.18 Å². The van der Waals surface area contributed by atoms with Gasteiger partial charge in [-0.15, -0.1) is 0 Å². The average molecular weight is 208 g/mol. The molecule has 56 valence electrons. The fraction of sp³-hybridized carbons (Fsp3) is 0.833. The summed E-state index contributed by atoms with van der Waals surface area (Å²) in [7, 11) is 0. The lowest BCUT2D eigenvalue weighted by molar-refractivity contribution is -0.124. The van der Waals surface area contributed by atoms with Crippen LogP contribution in [0.3, 0.4) is 0 Å². The molecule has 2 bridgehead atoms. The lowest BCUT2D eigenvalue weighted by atomic mass is 10.1. The predicted octanol–water partition coefficient (Wildman–Crippen LogP) is 0.606. The van der Waals surface area contributed by atoms with E-state index < -0.39 is 6.17 Å². The van der Waals surface area contributed by atoms with E-state index in [-0.39, 0.29) is 22.7 Å². The highest BCUT2D eigenvalue weighted by molar-refractivity contribution is 9.09. The number of fused-ring (bicyclic) bond motifs is 2. The van der Waals surface area contributed by atoms with Gasteiger partial charge in [0.05, 0.1) is 12.0 Å². The molecule has 1 aliphatic carbocycles. The minimum absolute atomic E-state index is 0.000718. The molecule has 0 spiro atoms. The molecule has 2 fully saturated rings. The lowest BCUT2D eigenvalue weighted by Crippen LogP contribution is -2.38. The van der Waals surface area contributed by atoms with Crippen molar-refractivity contribution >= 4 is 21.8 Å². The quantitative estimate of drug-likeness (QED) is 0.580. The van der Waals surface area contributed by atoms with E-state index in [0.717, 1.165) is 0 Å². The van der Waals surface area contributed by atoms with E-state index >= 15 is 0 Å². The second kappa shape index (κ2) is 1.94. The maximum atomic E-state index is 12.8. The van der Waals surface area contributed by atoms with Crippen LogP contribution in [0.1, 0.15) is 6.42 Å². The summed E-state index contributed by atoms with van der Waals surface area (Å²) in [5.41, 5.74) is 0. The molecule has 4 heteroatoms. The zero-order valence-corrected chi connectivity index (χ0v) is 6.77. The van der Waals surface area contributed by atoms with Gasteiger partial charge >= 0.3 is 0 Å². The van der Waals surface area contributed by atoms with Crippen molar-refractivity contribution in [2.75, 3.05) is 0 Å². The Morgan fingerprint density at radius 1 is 1.70 bits per heavy atom. The highest BCUT2D eigenvalue weighted by atomic mass is 79.9. The number of carbonyl (C=O) groups excluding carboxylic acids is 1. The first-order valence-corrected chi connectivity index (χ1v) is 4.20. The molecule has 2 aliphatic rings. The molecule has 0 aromatic heterocycles. The number of carbonyl (C=O) groups is 1. The first kappa shape index (κ1) is 6.58. The summed E-state index contributed by atoms with van der Waals surface area (Å²) in [6.45, 7) is 0. The monoisotopic (exact) mass is 207 g/mol. The molecule has 0 aromatic carbocycles. The molecule has 1 heterocycles. The molecule has 1 aliphatic heterocycles. The van der Waals surface area contributed by atoms with Crippen molar-refractivity contribution in [1.82, 2.24) is 5.32 Å². The summed E-state index contributed by atoms with van der Waals surface area (Å²) in [6, 6.07) is -0.266. The third-order valence-electron chi connectivity index (χ3n) is 2.24. The van der Waals surface area contributed by atoms with Crippen LogP contribution in [0.5, 0.6) is 0 Å². The minimum Gasteiger partial charge on any atom is -0.349 e. The molecule has 0 aromatic rings. The highest BCUT2D eigenvalue weighted by Crippen LogP contribution is 2.39. The van der Waals surface area contributed by atoms with E-state index in [1.807, 2.05) is 0 Å². The maximum absolute atomic E-state index is 12.8. The normalized spacial score (nSPS) is 51.6. The molecule has 2 rings (SSSR count). The van der Waals surface area contributed by atoms with Gasteiger partial charge in [0.25, 0.3) is 0 Å². The molecule has 10 heavy (non-hydrogen) atoms. The van der Waals surface area contributed by atoms with Crippen LogP contribution in [0, 0.1) is 5.92 Å². The Balaban J connectivity index is 2.25. The SMILES string of the molecule is O=C1NC2C(F)CC1C2Br. The van der Waals surface area contributed by atoms with Gasteiger partial charge in [0.15, 0.2) is 0 Å². The predicted molar refractivity (Wildman–Crippen MR) is 37.6 cm³/mol. The van der Waals surface area contributed by atoms with Crippen LogP contribution in [0.25, 0.3) is 0 Å². The van der Waals surface area contributed by atoms with Gasteiger partial charge in [0, 0.05) is 4.83 Å². The van der Waals surface area contributed by atoms with Crippen molar-refractivity contribution in [2.45, 2.75) is 23.5 Å². The molecule has 2 nitrogen and oxygen atoms in total. The van der Waals surface area contributed by atoms with Crippen LogP contribution in [0.4, 0.5) is 4.39 Å². The van der Waals surface area contributed by atoms with E-state index in [9.17, 15) is 9.18 Å². The smallest absolute Gasteiger partial charge is 0.224 e. The average Bonchev–Trinajstić information content (AvgIpc) is 2.26. The fourth-order valence-corrected chi connectivity index (χ4v) is 2.58. The van der Waals surface area contributed by atoms with E-state index in [4.69, 9.17) is 0 Å². The molecule has 4 atom stereocenters. The van der Waals surface area contributed by atoms with Crippen molar-refractivity contribution in [2.24, 2.45) is 5.92 Å². The van der Waals surface area contributed by atoms with Gasteiger partial charge in [0.1, 0.15) is 6.17 Å². The van der Waals surface area contributed by atoms with Crippen LogP contribution in [0.15, 0.2) is 0 Å². The Morgan fingerprint density at radius 2 is 2.40 bits per heavy atom. The first-order chi connectivity index (χ1) is 4.70. The number of nitrogens with one attached hydrogen (secondary N) is 1. The molecule has 1 amide bonds. The fourth-order valence-electron chi connectivity index (χ4n) is 1.66. The summed E-state index contributed by atoms with van der Waals surface area (Å²) in [6.07, 6.45) is -0.445. The Hall–Kier alpha value is -0.120. The van der Waals surface area contributed by atoms with Crippen LogP contribution >= 0.6 is 15.9 Å². The molecular weight excluding hydrogens is 201 g/mol. The zero-order chi connectivity index (χ0) is 7.30. The van der Waals surface area contributed by atoms with Crippen LogP contribution in [-0.2, 0) is 4.79 Å². The Morgan fingerprint density at radius 3 is 2.70 bits per heavy atom. The Labute approximate surface area is 66.3 Å². The standard InChI is InChI=1S/C6H7BrFNO/c7-4-2-1-3(8)5(4)9-6(2)10/h2-5H,1H2,(H,9,10). The molecule has 1 saturated carbocycles. The molecule has 1 saturated heterocycles. The van der Waals surface area contributed by atoms with Crippen molar-refractivity contribution in [3.05, 3.63) is 0 Å². The van der Waals surface area contributed by atoms with Gasteiger partial charge in [0.2, 0.25) is 5.91 Å². The Bertz CT molecular complexity index is 187. The summed E-state index contributed by atoms with van der Waals surface area (Å²) in [5.74, 6) is -0.124. The third-order valence-corrected chi connectivity index (χ3v) is 3.45. The van der Waals surface area contributed by atoms with Crippen LogP contribution in [-0.4, -0.2) is 22.9 Å². The number of rotatable bonds is 0. The van der Waals surface area contributed by atoms with Gasteiger partial charge in [-0.3, -0.25) is 4.79 Å². The van der Waals surface area contributed by atoms with E-state index in [2.05, 4.69) is 21.2 Å². The summed E-state index contributed by atoms with van der Waals surface area (Å²) >= 11 is 3.29. The molecule has 4 unspecified atom stereocenters. The number of hydrogen-bond donors (Lipinski definition) is 1. The van der Waals surface area contributed by atoms with Gasteiger partial charge in [-0.2, -0.15) is 0 Å². The van der Waals surface area contributed by atoms with E-state index in [0.29, 0.717) is 6.42 Å². The Kier molecular flexibility index (Phi) is 1.27. The molecular formula is C6H7BrFNO. The maximum Gasteiger partial charge on any atom is 0.224 e. The zero-order valence-electron chi connectivity index (χ0n) is 5.18. The first-order valence-electron chi connectivity index (χ1n) is 3.28. The van der Waals surface area contributed by atoms with Crippen LogP contribution < -0.4 is 5.32 Å². The third kappa shape index (κ3) is 0.654. The summed E-state index contributed by atoms with van der Waals surface area (Å²) < 4.78 is 12.8. The highest BCUT2D eigenvalue weighted by Gasteiger charge is 2.52. The lowest BCUT2D eigenvalue weighted by Gasteiger charge is -2.14. The largest absolute Gasteiger partial charge is 0.349 e. The second-order valence-corrected chi connectivity index (χ2v) is 3.89. The second-order valence-electron chi connectivity index (χ2n) is 2.84. The van der Waals surface area contributed by atoms with E-state index in [1.54, 1.807) is 0 Å². The van der Waals surface area contributed by atoms with Gasteiger partial charge in [-0.1, -0.05) is 15.9 Å². The van der Waals surface area contributed by atoms with Crippen LogP contribution in [0.2, 0.25) is 0 Å². The number of hydrogen-bond acceptors (Lipinski definition) is 1. The van der Waals surface area contributed by atoms with Gasteiger partial charge in [-0.25, -0.2) is 4.39 Å². The van der Waals surface area contributed by atoms with Crippen molar-refractivity contribution in [3.8, 4) is 0 Å². The van der Waals surface area contributed by atoms with E-state index in [1.165, 1.54) is 0 Å². The minimum atomic E-state index is -0.841. The summed E-state index contributed by atoms with van der Waals surface area (Å²) in [5, 5.41) is 2.59. The molecule has 0 radical (unpaired) electrons. The number of alkyl halides is 2. The van der Waals surface area contributed by atoms with Crippen molar-refractivity contribution in [3.63, 3.8) is 0 Å². The van der Waals surface area contributed by atoms with Gasteiger partial charge < -0.3 is 5.32 Å². The number of amides is 1. The summed E-state index contributed by atoms with van der Waals surface area (Å²) in [4.78, 5) is 10.9. The number of halogens is 2.